The number of aromatic hydroxyl groups is 1. The van der Waals surface area contributed by atoms with Crippen LogP contribution in [0.5, 0.6) is 5.75 Å². The quantitative estimate of drug-likeness (QED) is 0.359. The van der Waals surface area contributed by atoms with Gasteiger partial charge in [-0.2, -0.15) is 0 Å². The van der Waals surface area contributed by atoms with E-state index < -0.39 is 52.0 Å². The highest BCUT2D eigenvalue weighted by Gasteiger charge is 2.60. The van der Waals surface area contributed by atoms with Crippen molar-refractivity contribution in [3.8, 4) is 17.1 Å². The molecule has 2 aromatic rings. The standard InChI is InChI=1S/C28H28N2O9/c29-27(36)23-19(32)11-14-9-13-10-17-16(20-4-1-15(39-20)12-30-5-7-38-8-6-30)2-3-18(31)22(17)24(33)21(13)25(34)28(14,37)26(23)35/h1-4,13-14,31,33,35,37H,5-12H2,(H2,29,36)/t13-,14+,28+/m1/s1. The molecule has 4 aliphatic rings. The third-order valence-corrected chi connectivity index (χ3v) is 8.36. The molecule has 2 heterocycles. The summed E-state index contributed by atoms with van der Waals surface area (Å²) in [4.78, 5) is 40.2. The third-order valence-electron chi connectivity index (χ3n) is 8.36. The number of aliphatic hydroxyl groups excluding tert-OH is 2. The van der Waals surface area contributed by atoms with Crippen LogP contribution in [0.25, 0.3) is 17.1 Å². The van der Waals surface area contributed by atoms with E-state index in [0.717, 1.165) is 18.8 Å². The number of nitrogens with zero attached hydrogens (tertiary/aromatic N) is 1. The van der Waals surface area contributed by atoms with Crippen LogP contribution in [0.15, 0.2) is 45.6 Å². The fourth-order valence-electron chi connectivity index (χ4n) is 6.44. The molecule has 0 unspecified atom stereocenters. The number of hydrogen-bond acceptors (Lipinski definition) is 10. The van der Waals surface area contributed by atoms with Crippen molar-refractivity contribution in [3.63, 3.8) is 0 Å². The Morgan fingerprint density at radius 3 is 2.54 bits per heavy atom. The normalized spacial score (nSPS) is 27.3. The Balaban J connectivity index is 1.41. The van der Waals surface area contributed by atoms with Gasteiger partial charge >= 0.3 is 0 Å². The van der Waals surface area contributed by atoms with Gasteiger partial charge in [-0.1, -0.05) is 0 Å². The van der Waals surface area contributed by atoms with E-state index in [4.69, 9.17) is 14.9 Å². The van der Waals surface area contributed by atoms with Crippen LogP contribution in [0.2, 0.25) is 0 Å². The van der Waals surface area contributed by atoms with Crippen LogP contribution in [0.3, 0.4) is 0 Å². The molecule has 1 aromatic carbocycles. The molecule has 0 radical (unpaired) electrons. The molecule has 1 amide bonds. The number of ether oxygens (including phenoxy) is 1. The summed E-state index contributed by atoms with van der Waals surface area (Å²) in [6, 6.07) is 6.76. The van der Waals surface area contributed by atoms with Crippen LogP contribution in [0.1, 0.15) is 29.7 Å². The van der Waals surface area contributed by atoms with Crippen molar-refractivity contribution in [2.45, 2.75) is 31.4 Å². The van der Waals surface area contributed by atoms with Crippen LogP contribution in [-0.2, 0) is 32.1 Å². The smallest absolute Gasteiger partial charge is 0.255 e. The molecule has 1 aromatic heterocycles. The number of hydrogen-bond donors (Lipinski definition) is 5. The number of ketones is 2. The number of phenols is 1. The van der Waals surface area contributed by atoms with Gasteiger partial charge in [0.05, 0.1) is 25.3 Å². The van der Waals surface area contributed by atoms with E-state index in [0.29, 0.717) is 36.6 Å². The number of benzene rings is 1. The van der Waals surface area contributed by atoms with Gasteiger partial charge in [-0.3, -0.25) is 19.3 Å². The number of nitrogens with two attached hydrogens (primary N) is 1. The number of carbonyl (C=O) groups is 3. The average Bonchev–Trinajstić information content (AvgIpc) is 3.34. The number of primary amides is 1. The van der Waals surface area contributed by atoms with E-state index >= 15 is 0 Å². The topological polar surface area (TPSA) is 184 Å². The zero-order valence-electron chi connectivity index (χ0n) is 21.0. The van der Waals surface area contributed by atoms with Crippen LogP contribution in [0.4, 0.5) is 0 Å². The minimum absolute atomic E-state index is 0.0331. The van der Waals surface area contributed by atoms with Crippen molar-refractivity contribution in [3.05, 3.63) is 58.1 Å². The van der Waals surface area contributed by atoms with Crippen LogP contribution in [0, 0.1) is 11.8 Å². The first-order chi connectivity index (χ1) is 18.6. The summed E-state index contributed by atoms with van der Waals surface area (Å²) in [5, 5.41) is 44.1. The van der Waals surface area contributed by atoms with Gasteiger partial charge in [0.1, 0.15) is 34.4 Å². The molecule has 3 atom stereocenters. The fraction of sp³-hybridized carbons (Fsp3) is 0.393. The highest BCUT2D eigenvalue weighted by Crippen LogP contribution is 2.53. The number of morpholine rings is 1. The Labute approximate surface area is 222 Å². The van der Waals surface area contributed by atoms with Crippen molar-refractivity contribution >= 4 is 23.2 Å². The summed E-state index contributed by atoms with van der Waals surface area (Å²) < 4.78 is 11.5. The number of rotatable bonds is 4. The number of fused-ring (bicyclic) bond motifs is 3. The second-order valence-corrected chi connectivity index (χ2v) is 10.5. The number of furan rings is 1. The van der Waals surface area contributed by atoms with Crippen molar-refractivity contribution in [2.24, 2.45) is 17.6 Å². The van der Waals surface area contributed by atoms with Gasteiger partial charge in [0.25, 0.3) is 5.91 Å². The SMILES string of the molecule is NC(=O)C1=C(O)[C@@]2(O)C(=O)C3=C(O)c4c(O)ccc(-c5ccc(CN6CCOCC6)o5)c4C[C@H]3C[C@H]2CC1=O. The first-order valence-corrected chi connectivity index (χ1v) is 12.8. The lowest BCUT2D eigenvalue weighted by Gasteiger charge is -2.46. The van der Waals surface area contributed by atoms with Gasteiger partial charge in [0.15, 0.2) is 11.4 Å². The summed E-state index contributed by atoms with van der Waals surface area (Å²) in [6.45, 7) is 3.51. The molecule has 39 heavy (non-hydrogen) atoms. The Morgan fingerprint density at radius 2 is 1.82 bits per heavy atom. The molecule has 3 aliphatic carbocycles. The molecule has 1 saturated heterocycles. The molecular formula is C28H28N2O9. The van der Waals surface area contributed by atoms with Gasteiger partial charge in [-0.15, -0.1) is 0 Å². The predicted molar refractivity (Wildman–Crippen MR) is 135 cm³/mol. The third kappa shape index (κ3) is 3.80. The molecular weight excluding hydrogens is 508 g/mol. The molecule has 0 spiro atoms. The first kappa shape index (κ1) is 25.4. The van der Waals surface area contributed by atoms with Crippen molar-refractivity contribution in [2.75, 3.05) is 26.3 Å². The van der Waals surface area contributed by atoms with E-state index in [2.05, 4.69) is 4.90 Å². The number of Topliss-reactive ketones (excluding diaryl/α,β-unsaturated/α-hetero) is 2. The number of aliphatic hydroxyl groups is 3. The minimum Gasteiger partial charge on any atom is -0.508 e. The van der Waals surface area contributed by atoms with Gasteiger partial charge in [0.2, 0.25) is 5.78 Å². The monoisotopic (exact) mass is 536 g/mol. The average molecular weight is 537 g/mol. The molecule has 11 nitrogen and oxygen atoms in total. The zero-order chi connectivity index (χ0) is 27.6. The molecule has 1 aliphatic heterocycles. The lowest BCUT2D eigenvalue weighted by Crippen LogP contribution is -2.58. The second kappa shape index (κ2) is 9.08. The Kier molecular flexibility index (Phi) is 5.90. The van der Waals surface area contributed by atoms with Crippen molar-refractivity contribution < 1.29 is 44.0 Å². The van der Waals surface area contributed by atoms with E-state index in [9.17, 15) is 34.8 Å². The summed E-state index contributed by atoms with van der Waals surface area (Å²) in [5.74, 6) is -5.27. The summed E-state index contributed by atoms with van der Waals surface area (Å²) in [6.07, 6.45) is -0.0893. The number of phenolic OH excluding ortho intramolecular Hbond substituents is 1. The molecule has 204 valence electrons. The first-order valence-electron chi connectivity index (χ1n) is 12.8. The lowest BCUT2D eigenvalue weighted by atomic mass is 9.59. The maximum atomic E-state index is 13.6. The summed E-state index contributed by atoms with van der Waals surface area (Å²) in [5.41, 5.74) is 2.89. The molecule has 11 heteroatoms. The fourth-order valence-corrected chi connectivity index (χ4v) is 6.44. The maximum Gasteiger partial charge on any atom is 0.255 e. The Morgan fingerprint density at radius 1 is 1.08 bits per heavy atom. The Bertz CT molecular complexity index is 1480. The van der Waals surface area contributed by atoms with Gasteiger partial charge < -0.3 is 35.3 Å². The number of carbonyl (C=O) groups excluding carboxylic acids is 3. The number of amides is 1. The van der Waals surface area contributed by atoms with Crippen LogP contribution >= 0.6 is 0 Å². The summed E-state index contributed by atoms with van der Waals surface area (Å²) in [7, 11) is 0. The highest BCUT2D eigenvalue weighted by molar-refractivity contribution is 6.22. The molecule has 6 N–H and O–H groups in total. The van der Waals surface area contributed by atoms with Crippen molar-refractivity contribution in [1.29, 1.82) is 0 Å². The van der Waals surface area contributed by atoms with Gasteiger partial charge in [-0.05, 0) is 48.6 Å². The van der Waals surface area contributed by atoms with E-state index in [-0.39, 0.29) is 36.1 Å². The predicted octanol–water partition coefficient (Wildman–Crippen LogP) is 1.52. The highest BCUT2D eigenvalue weighted by atomic mass is 16.5. The minimum atomic E-state index is -2.59. The lowest BCUT2D eigenvalue weighted by molar-refractivity contribution is -0.147. The van der Waals surface area contributed by atoms with Gasteiger partial charge in [-0.25, -0.2) is 0 Å². The zero-order valence-corrected chi connectivity index (χ0v) is 21.0. The molecule has 6 rings (SSSR count). The van der Waals surface area contributed by atoms with Crippen LogP contribution < -0.4 is 5.73 Å². The van der Waals surface area contributed by atoms with E-state index in [1.54, 1.807) is 6.07 Å². The largest absolute Gasteiger partial charge is 0.508 e. The molecule has 0 bridgehead atoms. The molecule has 1 saturated carbocycles. The van der Waals surface area contributed by atoms with Crippen LogP contribution in [-0.4, -0.2) is 74.7 Å². The second-order valence-electron chi connectivity index (χ2n) is 10.5. The van der Waals surface area contributed by atoms with E-state index in [1.807, 2.05) is 12.1 Å². The maximum absolute atomic E-state index is 13.6. The van der Waals surface area contributed by atoms with Crippen molar-refractivity contribution in [1.82, 2.24) is 4.90 Å². The van der Waals surface area contributed by atoms with E-state index in [1.165, 1.54) is 6.07 Å². The summed E-state index contributed by atoms with van der Waals surface area (Å²) >= 11 is 0. The Hall–Kier alpha value is -3.93. The van der Waals surface area contributed by atoms with Gasteiger partial charge in [0, 0.05) is 36.6 Å². The molecule has 2 fully saturated rings.